The number of para-hydroxylation sites is 1. The topological polar surface area (TPSA) is 76.7 Å². The summed E-state index contributed by atoms with van der Waals surface area (Å²) in [4.78, 5) is 16.4. The zero-order valence-electron chi connectivity index (χ0n) is 12.3. The van der Waals surface area contributed by atoms with E-state index in [2.05, 4.69) is 10.1 Å². The van der Waals surface area contributed by atoms with E-state index in [1.54, 1.807) is 44.2 Å². The first-order chi connectivity index (χ1) is 10.6. The lowest BCUT2D eigenvalue weighted by atomic mass is 10.1. The summed E-state index contributed by atoms with van der Waals surface area (Å²) in [5.74, 6) is -0.335. The van der Waals surface area contributed by atoms with Crippen LogP contribution in [-0.2, 0) is 4.74 Å². The van der Waals surface area contributed by atoms with Crippen LogP contribution in [-0.4, -0.2) is 32.3 Å². The minimum absolute atomic E-state index is 0.129. The van der Waals surface area contributed by atoms with Gasteiger partial charge in [-0.3, -0.25) is 0 Å². The molecule has 1 aromatic carbocycles. The van der Waals surface area contributed by atoms with Gasteiger partial charge in [-0.1, -0.05) is 12.1 Å². The lowest BCUT2D eigenvalue weighted by molar-refractivity contribution is 0.0516. The van der Waals surface area contributed by atoms with E-state index in [9.17, 15) is 9.90 Å². The number of carbonyl (C=O) groups is 1. The first-order valence-electron chi connectivity index (χ1n) is 6.93. The van der Waals surface area contributed by atoms with Crippen molar-refractivity contribution in [2.45, 2.75) is 13.8 Å². The van der Waals surface area contributed by atoms with E-state index in [1.165, 1.54) is 4.52 Å². The Morgan fingerprint density at radius 2 is 2.05 bits per heavy atom. The Hall–Kier alpha value is -2.89. The van der Waals surface area contributed by atoms with Crippen molar-refractivity contribution in [3.63, 3.8) is 0 Å². The standard InChI is InChI=1S/C16H15N3O3/c1-3-22-16(21)15-10(2)17-14-9-8-12(18-19(14)15)11-6-4-5-7-13(11)20/h4-9,20H,3H2,1-2H3. The fourth-order valence-corrected chi connectivity index (χ4v) is 2.31. The maximum atomic E-state index is 12.1. The van der Waals surface area contributed by atoms with Crippen LogP contribution in [0.3, 0.4) is 0 Å². The minimum Gasteiger partial charge on any atom is -0.507 e. The third kappa shape index (κ3) is 2.28. The van der Waals surface area contributed by atoms with Gasteiger partial charge in [0.25, 0.3) is 0 Å². The van der Waals surface area contributed by atoms with Gasteiger partial charge in [-0.2, -0.15) is 5.10 Å². The maximum absolute atomic E-state index is 12.1. The molecule has 0 saturated heterocycles. The summed E-state index contributed by atoms with van der Waals surface area (Å²) in [6.07, 6.45) is 0. The number of esters is 1. The lowest BCUT2D eigenvalue weighted by Gasteiger charge is -2.06. The Morgan fingerprint density at radius 3 is 2.77 bits per heavy atom. The molecule has 112 valence electrons. The summed E-state index contributed by atoms with van der Waals surface area (Å²) in [6, 6.07) is 10.4. The number of fused-ring (bicyclic) bond motifs is 1. The first-order valence-corrected chi connectivity index (χ1v) is 6.93. The Labute approximate surface area is 127 Å². The molecule has 0 saturated carbocycles. The molecule has 0 aliphatic carbocycles. The summed E-state index contributed by atoms with van der Waals surface area (Å²) in [5, 5.41) is 14.4. The number of hydrogen-bond donors (Lipinski definition) is 1. The molecule has 0 fully saturated rings. The minimum atomic E-state index is -0.463. The van der Waals surface area contributed by atoms with E-state index >= 15 is 0 Å². The normalized spacial score (nSPS) is 10.8. The van der Waals surface area contributed by atoms with Crippen molar-refractivity contribution in [1.82, 2.24) is 14.6 Å². The average molecular weight is 297 g/mol. The zero-order valence-corrected chi connectivity index (χ0v) is 12.3. The van der Waals surface area contributed by atoms with Gasteiger partial charge >= 0.3 is 5.97 Å². The molecule has 0 spiro atoms. The smallest absolute Gasteiger partial charge is 0.358 e. The van der Waals surface area contributed by atoms with Crippen molar-refractivity contribution in [2.75, 3.05) is 6.61 Å². The van der Waals surface area contributed by atoms with E-state index < -0.39 is 5.97 Å². The third-order valence-electron chi connectivity index (χ3n) is 3.30. The summed E-state index contributed by atoms with van der Waals surface area (Å²) in [6.45, 7) is 3.77. The molecule has 3 aromatic rings. The van der Waals surface area contributed by atoms with Crippen molar-refractivity contribution < 1.29 is 14.6 Å². The van der Waals surface area contributed by atoms with E-state index in [-0.39, 0.29) is 12.4 Å². The van der Waals surface area contributed by atoms with E-state index in [0.717, 1.165) is 0 Å². The Kier molecular flexibility index (Phi) is 3.50. The van der Waals surface area contributed by atoms with Gasteiger partial charge in [-0.25, -0.2) is 14.3 Å². The van der Waals surface area contributed by atoms with Gasteiger partial charge in [-0.05, 0) is 38.1 Å². The van der Waals surface area contributed by atoms with Crippen molar-refractivity contribution in [2.24, 2.45) is 0 Å². The summed E-state index contributed by atoms with van der Waals surface area (Å²) in [5.41, 5.74) is 2.55. The summed E-state index contributed by atoms with van der Waals surface area (Å²) < 4.78 is 6.51. The lowest BCUT2D eigenvalue weighted by Crippen LogP contribution is -2.11. The monoisotopic (exact) mass is 297 g/mol. The van der Waals surface area contributed by atoms with Crippen molar-refractivity contribution in [1.29, 1.82) is 0 Å². The van der Waals surface area contributed by atoms with Crippen LogP contribution in [0.1, 0.15) is 23.1 Å². The zero-order chi connectivity index (χ0) is 15.7. The number of aromatic hydroxyl groups is 1. The Morgan fingerprint density at radius 1 is 1.27 bits per heavy atom. The number of aryl methyl sites for hydroxylation is 1. The molecule has 0 bridgehead atoms. The predicted octanol–water partition coefficient (Wildman–Crippen LogP) is 2.59. The van der Waals surface area contributed by atoms with Crippen LogP contribution in [0, 0.1) is 6.92 Å². The Balaban J connectivity index is 2.19. The van der Waals surface area contributed by atoms with Gasteiger partial charge in [0.05, 0.1) is 18.0 Å². The number of nitrogens with zero attached hydrogens (tertiary/aromatic N) is 3. The summed E-state index contributed by atoms with van der Waals surface area (Å²) >= 11 is 0. The SMILES string of the molecule is CCOC(=O)c1c(C)nc2ccc(-c3ccccc3O)nn12. The van der Waals surface area contributed by atoms with Crippen LogP contribution in [0.4, 0.5) is 0 Å². The average Bonchev–Trinajstić information content (AvgIpc) is 2.83. The number of phenols is 1. The molecule has 6 heteroatoms. The molecule has 0 unspecified atom stereocenters. The molecule has 2 aromatic heterocycles. The molecule has 0 amide bonds. The maximum Gasteiger partial charge on any atom is 0.358 e. The molecular formula is C16H15N3O3. The van der Waals surface area contributed by atoms with Gasteiger partial charge in [0.1, 0.15) is 5.75 Å². The highest BCUT2D eigenvalue weighted by Crippen LogP contribution is 2.27. The van der Waals surface area contributed by atoms with Crippen molar-refractivity contribution in [3.05, 3.63) is 47.8 Å². The number of hydrogen-bond acceptors (Lipinski definition) is 5. The quantitative estimate of drug-likeness (QED) is 0.752. The largest absolute Gasteiger partial charge is 0.507 e. The highest BCUT2D eigenvalue weighted by molar-refractivity contribution is 5.90. The van der Waals surface area contributed by atoms with Gasteiger partial charge < -0.3 is 9.84 Å². The highest BCUT2D eigenvalue weighted by Gasteiger charge is 2.19. The van der Waals surface area contributed by atoms with Gasteiger partial charge in [-0.15, -0.1) is 0 Å². The molecule has 0 aliphatic heterocycles. The fourth-order valence-electron chi connectivity index (χ4n) is 2.31. The number of aromatic nitrogens is 3. The first kappa shape index (κ1) is 14.1. The number of rotatable bonds is 3. The fraction of sp³-hybridized carbons (Fsp3) is 0.188. The number of benzene rings is 1. The van der Waals surface area contributed by atoms with E-state index in [0.29, 0.717) is 28.3 Å². The van der Waals surface area contributed by atoms with E-state index in [1.807, 2.05) is 6.07 Å². The Bertz CT molecular complexity index is 855. The van der Waals surface area contributed by atoms with Crippen LogP contribution in [0.15, 0.2) is 36.4 Å². The molecule has 0 atom stereocenters. The van der Waals surface area contributed by atoms with Gasteiger partial charge in [0, 0.05) is 5.56 Å². The predicted molar refractivity (Wildman–Crippen MR) is 80.8 cm³/mol. The third-order valence-corrected chi connectivity index (χ3v) is 3.30. The van der Waals surface area contributed by atoms with Gasteiger partial charge in [0.15, 0.2) is 11.3 Å². The number of imidazole rings is 1. The van der Waals surface area contributed by atoms with Crippen LogP contribution in [0.25, 0.3) is 16.9 Å². The highest BCUT2D eigenvalue weighted by atomic mass is 16.5. The molecule has 3 rings (SSSR count). The van der Waals surface area contributed by atoms with Gasteiger partial charge in [0.2, 0.25) is 0 Å². The number of ether oxygens (including phenoxy) is 1. The van der Waals surface area contributed by atoms with Crippen molar-refractivity contribution in [3.8, 4) is 17.0 Å². The molecule has 0 aliphatic rings. The molecule has 1 N–H and O–H groups in total. The second kappa shape index (κ2) is 5.48. The molecule has 6 nitrogen and oxygen atoms in total. The van der Waals surface area contributed by atoms with E-state index in [4.69, 9.17) is 4.74 Å². The summed E-state index contributed by atoms with van der Waals surface area (Å²) in [7, 11) is 0. The number of phenolic OH excluding ortho intramolecular Hbond substituents is 1. The van der Waals surface area contributed by atoms with Crippen LogP contribution in [0.2, 0.25) is 0 Å². The molecular weight excluding hydrogens is 282 g/mol. The van der Waals surface area contributed by atoms with Crippen LogP contribution < -0.4 is 0 Å². The van der Waals surface area contributed by atoms with Crippen LogP contribution >= 0.6 is 0 Å². The molecule has 22 heavy (non-hydrogen) atoms. The second-order valence-corrected chi connectivity index (χ2v) is 4.77. The molecule has 2 heterocycles. The molecule has 0 radical (unpaired) electrons. The van der Waals surface area contributed by atoms with Crippen molar-refractivity contribution >= 4 is 11.6 Å². The van der Waals surface area contributed by atoms with Crippen LogP contribution in [0.5, 0.6) is 5.75 Å². The number of carbonyl (C=O) groups excluding carboxylic acids is 1. The second-order valence-electron chi connectivity index (χ2n) is 4.77.